The zero-order valence-electron chi connectivity index (χ0n) is 11.9. The quantitative estimate of drug-likeness (QED) is 0.637. The molecule has 19 heavy (non-hydrogen) atoms. The lowest BCUT2D eigenvalue weighted by Gasteiger charge is -2.04. The first-order valence-electron chi connectivity index (χ1n) is 7.05. The zero-order valence-corrected chi connectivity index (χ0v) is 12.7. The van der Waals surface area contributed by atoms with E-state index in [2.05, 4.69) is 6.92 Å². The van der Waals surface area contributed by atoms with Crippen LogP contribution in [0.2, 0.25) is 0 Å². The normalized spacial score (nSPS) is 10.8. The summed E-state index contributed by atoms with van der Waals surface area (Å²) in [7, 11) is 0. The average Bonchev–Trinajstić information content (AvgIpc) is 2.74. The number of rotatable bonds is 10. The Kier molecular flexibility index (Phi) is 7.75. The molecule has 0 fully saturated rings. The van der Waals surface area contributed by atoms with Crippen molar-refractivity contribution in [3.63, 3.8) is 0 Å². The smallest absolute Gasteiger partial charge is 0.345 e. The molecule has 0 amide bonds. The van der Waals surface area contributed by atoms with E-state index in [9.17, 15) is 4.79 Å². The molecule has 0 aliphatic rings. The Morgan fingerprint density at radius 3 is 2.58 bits per heavy atom. The first-order valence-corrected chi connectivity index (χ1v) is 7.87. The largest absolute Gasteiger partial charge is 0.477 e. The van der Waals surface area contributed by atoms with Crippen molar-refractivity contribution >= 4 is 17.3 Å². The maximum absolute atomic E-state index is 10.8. The molecule has 4 heteroatoms. The Labute approximate surface area is 119 Å². The molecule has 0 atom stereocenters. The second kappa shape index (κ2) is 9.10. The molecule has 0 radical (unpaired) electrons. The van der Waals surface area contributed by atoms with E-state index >= 15 is 0 Å². The van der Waals surface area contributed by atoms with Crippen LogP contribution in [0.15, 0.2) is 6.07 Å². The molecular weight excluding hydrogens is 260 g/mol. The third-order valence-electron chi connectivity index (χ3n) is 3.13. The highest BCUT2D eigenvalue weighted by molar-refractivity contribution is 7.14. The summed E-state index contributed by atoms with van der Waals surface area (Å²) < 4.78 is 5.61. The summed E-state index contributed by atoms with van der Waals surface area (Å²) in [4.78, 5) is 12.3. The number of hydrogen-bond acceptors (Lipinski definition) is 3. The summed E-state index contributed by atoms with van der Waals surface area (Å²) in [6, 6.07) is 1.73. The van der Waals surface area contributed by atoms with E-state index in [4.69, 9.17) is 9.84 Å². The maximum atomic E-state index is 10.8. The highest BCUT2D eigenvalue weighted by Gasteiger charge is 2.10. The Balaban J connectivity index is 2.14. The van der Waals surface area contributed by atoms with Crippen LogP contribution in [0, 0.1) is 6.92 Å². The van der Waals surface area contributed by atoms with Gasteiger partial charge in [-0.15, -0.1) is 11.3 Å². The number of hydrogen-bond donors (Lipinski definition) is 1. The fourth-order valence-electron chi connectivity index (χ4n) is 1.94. The molecule has 1 aromatic heterocycles. The van der Waals surface area contributed by atoms with Crippen LogP contribution in [0.4, 0.5) is 0 Å². The molecule has 0 aliphatic heterocycles. The summed E-state index contributed by atoms with van der Waals surface area (Å²) in [6.45, 7) is 5.46. The number of carbonyl (C=O) groups is 1. The van der Waals surface area contributed by atoms with E-state index < -0.39 is 5.97 Å². The van der Waals surface area contributed by atoms with Gasteiger partial charge in [-0.2, -0.15) is 0 Å². The van der Waals surface area contributed by atoms with Gasteiger partial charge in [-0.05, 0) is 25.0 Å². The third kappa shape index (κ3) is 6.21. The molecule has 0 saturated carbocycles. The minimum atomic E-state index is -0.852. The Hall–Kier alpha value is -0.870. The van der Waals surface area contributed by atoms with Crippen molar-refractivity contribution in [2.45, 2.75) is 59.0 Å². The molecule has 1 rings (SSSR count). The van der Waals surface area contributed by atoms with Crippen molar-refractivity contribution < 1.29 is 14.6 Å². The summed E-state index contributed by atoms with van der Waals surface area (Å²) in [6.07, 6.45) is 7.54. The molecule has 108 valence electrons. The van der Waals surface area contributed by atoms with Crippen molar-refractivity contribution in [1.82, 2.24) is 0 Å². The first-order chi connectivity index (χ1) is 9.15. The van der Waals surface area contributed by atoms with E-state index in [-0.39, 0.29) is 0 Å². The van der Waals surface area contributed by atoms with Gasteiger partial charge in [0.25, 0.3) is 0 Å². The van der Waals surface area contributed by atoms with Gasteiger partial charge in [-0.1, -0.05) is 39.0 Å². The van der Waals surface area contributed by atoms with Crippen molar-refractivity contribution in [3.8, 4) is 0 Å². The van der Waals surface area contributed by atoms with Gasteiger partial charge in [0.1, 0.15) is 4.88 Å². The topological polar surface area (TPSA) is 46.5 Å². The SMILES string of the molecule is CCCCCCCCOCc1cc(C(=O)O)sc1C. The van der Waals surface area contributed by atoms with Crippen LogP contribution in [0.25, 0.3) is 0 Å². The molecule has 0 aliphatic carbocycles. The number of unbranched alkanes of at least 4 members (excludes halogenated alkanes) is 5. The molecule has 0 aromatic carbocycles. The Bertz CT molecular complexity index is 385. The van der Waals surface area contributed by atoms with Crippen LogP contribution in [0.3, 0.4) is 0 Å². The standard InChI is InChI=1S/C15H24O3S/c1-3-4-5-6-7-8-9-18-11-13-10-14(15(16)17)19-12(13)2/h10H,3-9,11H2,1-2H3,(H,16,17). The van der Waals surface area contributed by atoms with Crippen molar-refractivity contribution in [2.24, 2.45) is 0 Å². The van der Waals surface area contributed by atoms with E-state index in [0.717, 1.165) is 23.5 Å². The van der Waals surface area contributed by atoms with Gasteiger partial charge in [0, 0.05) is 11.5 Å². The summed E-state index contributed by atoms with van der Waals surface area (Å²) in [5.41, 5.74) is 1.01. The minimum Gasteiger partial charge on any atom is -0.477 e. The lowest BCUT2D eigenvalue weighted by molar-refractivity contribution is 0.0702. The number of carboxylic acid groups (broad SMARTS) is 1. The summed E-state index contributed by atoms with van der Waals surface area (Å²) in [5.74, 6) is -0.852. The molecule has 0 bridgehead atoms. The molecule has 1 aromatic rings. The van der Waals surface area contributed by atoms with Crippen LogP contribution < -0.4 is 0 Å². The monoisotopic (exact) mass is 284 g/mol. The van der Waals surface area contributed by atoms with Crippen LogP contribution in [0.5, 0.6) is 0 Å². The van der Waals surface area contributed by atoms with Gasteiger partial charge in [0.05, 0.1) is 6.61 Å². The molecule has 0 unspecified atom stereocenters. The molecule has 3 nitrogen and oxygen atoms in total. The summed E-state index contributed by atoms with van der Waals surface area (Å²) in [5, 5.41) is 8.90. The predicted molar refractivity (Wildman–Crippen MR) is 79.0 cm³/mol. The van der Waals surface area contributed by atoms with Crippen molar-refractivity contribution in [1.29, 1.82) is 0 Å². The first kappa shape index (κ1) is 16.2. The average molecular weight is 284 g/mol. The van der Waals surface area contributed by atoms with Crippen LogP contribution in [-0.4, -0.2) is 17.7 Å². The lowest BCUT2D eigenvalue weighted by Crippen LogP contribution is -1.96. The number of thiophene rings is 1. The molecule has 1 heterocycles. The Morgan fingerprint density at radius 1 is 1.26 bits per heavy atom. The fourth-order valence-corrected chi connectivity index (χ4v) is 2.80. The van der Waals surface area contributed by atoms with Crippen LogP contribution in [-0.2, 0) is 11.3 Å². The van der Waals surface area contributed by atoms with Gasteiger partial charge in [-0.25, -0.2) is 4.79 Å². The van der Waals surface area contributed by atoms with E-state index in [1.54, 1.807) is 6.07 Å². The number of aromatic carboxylic acids is 1. The van der Waals surface area contributed by atoms with Gasteiger partial charge in [-0.3, -0.25) is 0 Å². The molecular formula is C15H24O3S. The number of ether oxygens (including phenoxy) is 1. The zero-order chi connectivity index (χ0) is 14.1. The van der Waals surface area contributed by atoms with Crippen LogP contribution >= 0.6 is 11.3 Å². The highest BCUT2D eigenvalue weighted by atomic mass is 32.1. The maximum Gasteiger partial charge on any atom is 0.345 e. The van der Waals surface area contributed by atoms with E-state index in [1.807, 2.05) is 6.92 Å². The number of carboxylic acids is 1. The van der Waals surface area contributed by atoms with Crippen molar-refractivity contribution in [2.75, 3.05) is 6.61 Å². The van der Waals surface area contributed by atoms with Gasteiger partial charge >= 0.3 is 5.97 Å². The minimum absolute atomic E-state index is 0.399. The predicted octanol–water partition coefficient (Wildman–Crippen LogP) is 4.63. The molecule has 0 spiro atoms. The van der Waals surface area contributed by atoms with Crippen molar-refractivity contribution in [3.05, 3.63) is 21.4 Å². The molecule has 1 N–H and O–H groups in total. The fraction of sp³-hybridized carbons (Fsp3) is 0.667. The second-order valence-electron chi connectivity index (χ2n) is 4.82. The highest BCUT2D eigenvalue weighted by Crippen LogP contribution is 2.22. The molecule has 0 saturated heterocycles. The number of aryl methyl sites for hydroxylation is 1. The second-order valence-corrected chi connectivity index (χ2v) is 6.07. The van der Waals surface area contributed by atoms with E-state index in [1.165, 1.54) is 43.4 Å². The van der Waals surface area contributed by atoms with Gasteiger partial charge < -0.3 is 9.84 Å². The van der Waals surface area contributed by atoms with Crippen LogP contribution in [0.1, 0.15) is 65.6 Å². The Morgan fingerprint density at radius 2 is 1.95 bits per heavy atom. The summed E-state index contributed by atoms with van der Waals surface area (Å²) >= 11 is 1.32. The van der Waals surface area contributed by atoms with E-state index in [0.29, 0.717) is 11.5 Å². The van der Waals surface area contributed by atoms with Gasteiger partial charge in [0.2, 0.25) is 0 Å². The lowest BCUT2D eigenvalue weighted by atomic mass is 10.1. The van der Waals surface area contributed by atoms with Gasteiger partial charge in [0.15, 0.2) is 0 Å². The third-order valence-corrected chi connectivity index (χ3v) is 4.21.